The van der Waals surface area contributed by atoms with Crippen LogP contribution >= 0.6 is 47.0 Å². The molecule has 0 spiro atoms. The van der Waals surface area contributed by atoms with Crippen LogP contribution in [0.25, 0.3) is 0 Å². The van der Waals surface area contributed by atoms with Crippen molar-refractivity contribution in [2.24, 2.45) is 0 Å². The minimum Gasteiger partial charge on any atom is -0.377 e. The van der Waals surface area contributed by atoms with Crippen molar-refractivity contribution in [3.05, 3.63) is 0 Å². The predicted octanol–water partition coefficient (Wildman–Crippen LogP) is 8.50. The van der Waals surface area contributed by atoms with Crippen LogP contribution in [-0.2, 0) is 26.6 Å². The van der Waals surface area contributed by atoms with E-state index in [1.54, 1.807) is 42.7 Å². The third-order valence-electron chi connectivity index (χ3n) is 7.80. The summed E-state index contributed by atoms with van der Waals surface area (Å²) in [6.45, 7) is 4.61. The average Bonchev–Trinajstić information content (AvgIpc) is 3.01. The van der Waals surface area contributed by atoms with Crippen LogP contribution in [0.2, 0.25) is 36.3 Å². The fourth-order valence-corrected chi connectivity index (χ4v) is 21.9. The van der Waals surface area contributed by atoms with E-state index in [0.29, 0.717) is 0 Å². The summed E-state index contributed by atoms with van der Waals surface area (Å²) in [5.74, 6) is 10.3. The largest absolute Gasteiger partial charge is 0.500 e. The maximum absolute atomic E-state index is 5.62. The van der Waals surface area contributed by atoms with E-state index in [4.69, 9.17) is 26.6 Å². The fourth-order valence-electron chi connectivity index (χ4n) is 4.70. The third-order valence-corrected chi connectivity index (χ3v) is 24.4. The smallest absolute Gasteiger partial charge is 0.377 e. The first-order valence-corrected chi connectivity index (χ1v) is 26.8. The highest BCUT2D eigenvalue weighted by Gasteiger charge is 2.38. The van der Waals surface area contributed by atoms with Crippen LogP contribution in [-0.4, -0.2) is 114 Å². The van der Waals surface area contributed by atoms with Gasteiger partial charge in [-0.1, -0.05) is 26.7 Å². The number of rotatable bonds is 32. The van der Waals surface area contributed by atoms with Crippen molar-refractivity contribution in [3.8, 4) is 0 Å². The summed E-state index contributed by atoms with van der Waals surface area (Å²) in [6, 6.07) is 7.66. The highest BCUT2D eigenvalue weighted by Crippen LogP contribution is 2.33. The van der Waals surface area contributed by atoms with Crippen molar-refractivity contribution in [2.75, 3.05) is 88.7 Å². The van der Waals surface area contributed by atoms with Gasteiger partial charge in [0, 0.05) is 54.7 Å². The molecule has 13 heteroatoms. The maximum atomic E-state index is 5.62. The molecule has 0 aliphatic carbocycles. The number of hydrogen-bond donors (Lipinski definition) is 0. The van der Waals surface area contributed by atoms with E-state index in [1.807, 2.05) is 0 Å². The molecule has 0 fully saturated rings. The van der Waals surface area contributed by atoms with E-state index in [1.165, 1.54) is 84.4 Å². The molecule has 0 rings (SSSR count). The molecule has 0 aliphatic rings. The molecule has 0 bridgehead atoms. The molecule has 6 nitrogen and oxygen atoms in total. The van der Waals surface area contributed by atoms with Crippen molar-refractivity contribution >= 4 is 72.7 Å². The zero-order valence-electron chi connectivity index (χ0n) is 27.7. The van der Waals surface area contributed by atoms with Gasteiger partial charge in [0.2, 0.25) is 0 Å². The van der Waals surface area contributed by atoms with E-state index in [0.717, 1.165) is 36.4 Å². The summed E-state index contributed by atoms with van der Waals surface area (Å²) < 4.78 is 33.7. The van der Waals surface area contributed by atoms with Crippen LogP contribution in [0.5, 0.6) is 0 Å². The summed E-state index contributed by atoms with van der Waals surface area (Å²) in [7, 11) is 4.01. The number of hydrogen-bond acceptors (Lipinski definition) is 10. The van der Waals surface area contributed by atoms with Crippen molar-refractivity contribution < 1.29 is 26.6 Å². The highest BCUT2D eigenvalue weighted by atomic mass is 32.2. The molecule has 0 N–H and O–H groups in total. The molecule has 0 aliphatic heterocycles. The molecular weight excluding hydrogens is 645 g/mol. The van der Waals surface area contributed by atoms with Gasteiger partial charge in [0.15, 0.2) is 0 Å². The van der Waals surface area contributed by atoms with Gasteiger partial charge in [-0.15, -0.1) is 0 Å². The third kappa shape index (κ3) is 19.8. The van der Waals surface area contributed by atoms with Crippen LogP contribution in [0, 0.1) is 0 Å². The lowest BCUT2D eigenvalue weighted by molar-refractivity contribution is 0.123. The van der Waals surface area contributed by atoms with Gasteiger partial charge in [0.05, 0.1) is 8.07 Å². The molecular formula is C28H64O6S4Si3. The second-order valence-corrected chi connectivity index (χ2v) is 26.5. The average molecular weight is 709 g/mol. The van der Waals surface area contributed by atoms with Crippen LogP contribution in [0.15, 0.2) is 0 Å². The van der Waals surface area contributed by atoms with E-state index in [2.05, 4.69) is 60.9 Å². The van der Waals surface area contributed by atoms with Crippen molar-refractivity contribution in [3.63, 3.8) is 0 Å². The highest BCUT2D eigenvalue weighted by molar-refractivity contribution is 8.00. The van der Waals surface area contributed by atoms with E-state index >= 15 is 0 Å². The topological polar surface area (TPSA) is 55.4 Å². The lowest BCUT2D eigenvalue weighted by Crippen LogP contribution is -2.42. The molecule has 0 saturated carbocycles. The normalized spacial score (nSPS) is 12.9. The van der Waals surface area contributed by atoms with Gasteiger partial charge < -0.3 is 26.6 Å². The Morgan fingerprint density at radius 1 is 0.366 bits per heavy atom. The van der Waals surface area contributed by atoms with Gasteiger partial charge in [0.25, 0.3) is 0 Å². The molecule has 41 heavy (non-hydrogen) atoms. The molecule has 0 aromatic rings. The summed E-state index contributed by atoms with van der Waals surface area (Å²) in [6.07, 6.45) is 7.48. The van der Waals surface area contributed by atoms with E-state index < -0.39 is 25.7 Å². The Labute approximate surface area is 275 Å². The van der Waals surface area contributed by atoms with Crippen molar-refractivity contribution in [1.82, 2.24) is 0 Å². The second-order valence-electron chi connectivity index (χ2n) is 10.5. The molecule has 0 unspecified atom stereocenters. The minimum absolute atomic E-state index is 0.893. The Bertz CT molecular complexity index is 514. The summed E-state index contributed by atoms with van der Waals surface area (Å²) in [5, 5.41) is 0. The summed E-state index contributed by atoms with van der Waals surface area (Å²) >= 11 is 8.69. The standard InChI is InChI=1S/C28H64O6S4Si3/c1-9-11-15-35-19-25-39(26-20-36-16-12-10-2,27-21-37-17-13-23-40(29-3,30-4)31-5)28-22-38-18-14-24-41(32-6,33-7)34-8/h9-28H2,1-8H3. The van der Waals surface area contributed by atoms with Crippen LogP contribution in [0.1, 0.15) is 52.4 Å². The van der Waals surface area contributed by atoms with Crippen LogP contribution in [0.4, 0.5) is 0 Å². The van der Waals surface area contributed by atoms with Gasteiger partial charge in [-0.2, -0.15) is 47.0 Å². The Balaban J connectivity index is 5.08. The quantitative estimate of drug-likeness (QED) is 0.0502. The number of unbranched alkanes of at least 4 members (excludes halogenated alkanes) is 2. The summed E-state index contributed by atoms with van der Waals surface area (Å²) in [4.78, 5) is 0. The molecule has 0 atom stereocenters. The molecule has 0 heterocycles. The molecule has 0 aromatic carbocycles. The number of thioether (sulfide) groups is 4. The molecule has 248 valence electrons. The van der Waals surface area contributed by atoms with Crippen LogP contribution < -0.4 is 0 Å². The SMILES string of the molecule is CCCCSCC[Si](CCSCCCC)(CCSCCC[Si](OC)(OC)OC)CCSCCC[Si](OC)(OC)OC. The van der Waals surface area contributed by atoms with Crippen LogP contribution in [0.3, 0.4) is 0 Å². The van der Waals surface area contributed by atoms with Gasteiger partial charge in [-0.05, 0) is 95.9 Å². The second kappa shape index (κ2) is 28.1. The fraction of sp³-hybridized carbons (Fsp3) is 1.00. The Kier molecular flexibility index (Phi) is 29.3. The molecule has 0 saturated heterocycles. The monoisotopic (exact) mass is 708 g/mol. The summed E-state index contributed by atoms with van der Waals surface area (Å²) in [5.41, 5.74) is 0. The van der Waals surface area contributed by atoms with E-state index in [9.17, 15) is 0 Å². The van der Waals surface area contributed by atoms with Gasteiger partial charge in [-0.25, -0.2) is 0 Å². The molecule has 0 radical (unpaired) electrons. The van der Waals surface area contributed by atoms with Gasteiger partial charge in [0.1, 0.15) is 0 Å². The van der Waals surface area contributed by atoms with Crippen molar-refractivity contribution in [2.45, 2.75) is 88.6 Å². The Morgan fingerprint density at radius 3 is 0.878 bits per heavy atom. The molecule has 0 amide bonds. The Hall–Kier alpha value is 1.81. The Morgan fingerprint density at radius 2 is 0.634 bits per heavy atom. The molecule has 0 aromatic heterocycles. The van der Waals surface area contributed by atoms with Crippen molar-refractivity contribution in [1.29, 1.82) is 0 Å². The van der Waals surface area contributed by atoms with E-state index in [-0.39, 0.29) is 0 Å². The predicted molar refractivity (Wildman–Crippen MR) is 197 cm³/mol. The maximum Gasteiger partial charge on any atom is 0.500 e. The lowest BCUT2D eigenvalue weighted by atomic mass is 10.4. The zero-order valence-corrected chi connectivity index (χ0v) is 34.0. The lowest BCUT2D eigenvalue weighted by Gasteiger charge is -2.32. The minimum atomic E-state index is -2.45. The first kappa shape index (κ1) is 42.8. The zero-order chi connectivity index (χ0) is 30.7. The van der Waals surface area contributed by atoms with Gasteiger partial charge >= 0.3 is 17.6 Å². The van der Waals surface area contributed by atoms with Gasteiger partial charge in [-0.3, -0.25) is 0 Å². The first-order valence-electron chi connectivity index (χ1n) is 15.5. The first-order chi connectivity index (χ1) is 19.9.